The predicted octanol–water partition coefficient (Wildman–Crippen LogP) is 2.53. The van der Waals surface area contributed by atoms with E-state index in [1.807, 2.05) is 0 Å². The molecule has 6 rings (SSSR count). The van der Waals surface area contributed by atoms with Crippen LogP contribution in [-0.4, -0.2) is 50.2 Å². The molecule has 0 N–H and O–H groups in total. The first-order valence-electron chi connectivity index (χ1n) is 11.2. The Balaban J connectivity index is 1.41. The molecular formula is C22H19ClFN11O. The van der Waals surface area contributed by atoms with Crippen molar-refractivity contribution in [2.24, 2.45) is 13.0 Å². The third kappa shape index (κ3) is 3.96. The number of aryl methyl sites for hydroxylation is 1. The maximum absolute atomic E-state index is 15.2. The highest BCUT2D eigenvalue weighted by atomic mass is 35.5. The molecule has 5 aromatic rings. The first kappa shape index (κ1) is 22.2. The minimum Gasteiger partial charge on any atom is -0.618 e. The third-order valence-electron chi connectivity index (χ3n) is 6.30. The van der Waals surface area contributed by atoms with Crippen molar-refractivity contribution in [1.82, 2.24) is 50.2 Å². The van der Waals surface area contributed by atoms with Gasteiger partial charge in [0.15, 0.2) is 12.0 Å². The lowest BCUT2D eigenvalue weighted by molar-refractivity contribution is -0.615. The SMILES string of the molecule is Cn1nncc1-c1cn(C(CC2CC2)c2ccc(-c3c(-n4cnnn4)ccc(Cl)c3F)c[n+]2[O-])nn1. The second-order valence-corrected chi connectivity index (χ2v) is 9.11. The first-order valence-corrected chi connectivity index (χ1v) is 11.6. The fraction of sp³-hybridized carbons (Fsp3) is 0.273. The molecule has 12 nitrogen and oxygen atoms in total. The lowest BCUT2D eigenvalue weighted by Crippen LogP contribution is -2.35. The smallest absolute Gasteiger partial charge is 0.217 e. The summed E-state index contributed by atoms with van der Waals surface area (Å²) in [6.07, 6.45) is 9.00. The van der Waals surface area contributed by atoms with E-state index in [0.717, 1.165) is 24.0 Å². The summed E-state index contributed by atoms with van der Waals surface area (Å²) in [5.41, 5.74) is 2.60. The Hall–Kier alpha value is -4.26. The molecule has 0 bridgehead atoms. The molecule has 14 heteroatoms. The van der Waals surface area contributed by atoms with E-state index in [2.05, 4.69) is 36.1 Å². The van der Waals surface area contributed by atoms with Gasteiger partial charge >= 0.3 is 0 Å². The maximum atomic E-state index is 15.2. The van der Waals surface area contributed by atoms with Crippen molar-refractivity contribution in [1.29, 1.82) is 0 Å². The van der Waals surface area contributed by atoms with E-state index in [4.69, 9.17) is 11.6 Å². The van der Waals surface area contributed by atoms with Gasteiger partial charge in [-0.05, 0) is 41.0 Å². The summed E-state index contributed by atoms with van der Waals surface area (Å²) in [6.45, 7) is 0. The highest BCUT2D eigenvalue weighted by Crippen LogP contribution is 2.39. The predicted molar refractivity (Wildman–Crippen MR) is 124 cm³/mol. The first-order chi connectivity index (χ1) is 17.5. The Morgan fingerprint density at radius 3 is 2.72 bits per heavy atom. The molecular weight excluding hydrogens is 489 g/mol. The molecule has 0 spiro atoms. The van der Waals surface area contributed by atoms with E-state index in [1.165, 1.54) is 23.3 Å². The number of pyridine rings is 1. The van der Waals surface area contributed by atoms with Gasteiger partial charge < -0.3 is 5.21 Å². The Morgan fingerprint density at radius 2 is 2.03 bits per heavy atom. The average molecular weight is 508 g/mol. The van der Waals surface area contributed by atoms with Gasteiger partial charge in [-0.25, -0.2) is 13.8 Å². The zero-order chi connectivity index (χ0) is 24.8. The van der Waals surface area contributed by atoms with Crippen molar-refractivity contribution in [2.75, 3.05) is 0 Å². The van der Waals surface area contributed by atoms with Crippen molar-refractivity contribution in [3.05, 3.63) is 70.9 Å². The maximum Gasteiger partial charge on any atom is 0.217 e. The van der Waals surface area contributed by atoms with Crippen LogP contribution in [0.4, 0.5) is 4.39 Å². The Labute approximate surface area is 208 Å². The molecule has 1 atom stereocenters. The van der Waals surface area contributed by atoms with Crippen LogP contribution in [0.5, 0.6) is 0 Å². The summed E-state index contributed by atoms with van der Waals surface area (Å²) >= 11 is 6.07. The monoisotopic (exact) mass is 507 g/mol. The molecule has 4 aromatic heterocycles. The molecule has 1 fully saturated rings. The minimum absolute atomic E-state index is 0.0743. The van der Waals surface area contributed by atoms with Crippen molar-refractivity contribution < 1.29 is 9.12 Å². The molecule has 36 heavy (non-hydrogen) atoms. The average Bonchev–Trinajstić information content (AvgIpc) is 3.24. The summed E-state index contributed by atoms with van der Waals surface area (Å²) in [5, 5.41) is 40.8. The van der Waals surface area contributed by atoms with Crippen LogP contribution in [0.1, 0.15) is 31.0 Å². The van der Waals surface area contributed by atoms with Gasteiger partial charge in [-0.3, -0.25) is 0 Å². The summed E-state index contributed by atoms with van der Waals surface area (Å²) in [5.74, 6) is -0.171. The summed E-state index contributed by atoms with van der Waals surface area (Å²) < 4.78 is 20.5. The van der Waals surface area contributed by atoms with Crippen LogP contribution >= 0.6 is 11.6 Å². The summed E-state index contributed by atoms with van der Waals surface area (Å²) in [4.78, 5) is 0. The minimum atomic E-state index is -0.669. The largest absolute Gasteiger partial charge is 0.618 e. The normalized spacial score (nSPS) is 14.3. The van der Waals surface area contributed by atoms with Gasteiger partial charge in [-0.1, -0.05) is 34.9 Å². The van der Waals surface area contributed by atoms with Gasteiger partial charge in [0, 0.05) is 13.1 Å². The topological polar surface area (TPSA) is 132 Å². The molecule has 182 valence electrons. The quantitative estimate of drug-likeness (QED) is 0.242. The molecule has 1 unspecified atom stereocenters. The van der Waals surface area contributed by atoms with Crippen LogP contribution in [0, 0.1) is 16.9 Å². The van der Waals surface area contributed by atoms with Crippen LogP contribution in [0.2, 0.25) is 5.02 Å². The van der Waals surface area contributed by atoms with Crippen LogP contribution in [0.25, 0.3) is 28.2 Å². The van der Waals surface area contributed by atoms with Crippen molar-refractivity contribution >= 4 is 11.6 Å². The molecule has 0 aliphatic heterocycles. The highest BCUT2D eigenvalue weighted by Gasteiger charge is 2.33. The Morgan fingerprint density at radius 1 is 1.17 bits per heavy atom. The van der Waals surface area contributed by atoms with E-state index >= 15 is 4.39 Å². The lowest BCUT2D eigenvalue weighted by Gasteiger charge is -2.17. The van der Waals surface area contributed by atoms with Gasteiger partial charge in [0.1, 0.15) is 23.8 Å². The van der Waals surface area contributed by atoms with Crippen LogP contribution in [0.15, 0.2) is 49.2 Å². The van der Waals surface area contributed by atoms with Crippen molar-refractivity contribution in [3.8, 4) is 28.2 Å². The van der Waals surface area contributed by atoms with E-state index in [9.17, 15) is 5.21 Å². The molecule has 0 amide bonds. The molecule has 1 saturated carbocycles. The number of hydrogen-bond acceptors (Lipinski definition) is 8. The molecule has 0 saturated heterocycles. The van der Waals surface area contributed by atoms with Crippen molar-refractivity contribution in [3.63, 3.8) is 0 Å². The fourth-order valence-electron chi connectivity index (χ4n) is 4.28. The van der Waals surface area contributed by atoms with E-state index in [0.29, 0.717) is 34.3 Å². The van der Waals surface area contributed by atoms with Gasteiger partial charge in [0.25, 0.3) is 0 Å². The number of halogens is 2. The molecule has 4 heterocycles. The standard InChI is InChI=1S/C22H19ClFN11O/c1-32-20(9-25-29-32)16-11-33(30-27-16)19(8-13-2-3-13)17-6-4-14(10-35(17)36)21-18(34-12-26-28-31-34)7-5-15(23)22(21)24/h4-7,9-13,19H,2-3,8H2,1H3. The highest BCUT2D eigenvalue weighted by molar-refractivity contribution is 6.31. The van der Waals surface area contributed by atoms with E-state index < -0.39 is 5.82 Å². The van der Waals surface area contributed by atoms with E-state index in [-0.39, 0.29) is 16.6 Å². The number of nitrogens with zero attached hydrogens (tertiary/aromatic N) is 11. The second-order valence-electron chi connectivity index (χ2n) is 8.70. The van der Waals surface area contributed by atoms with E-state index in [1.54, 1.807) is 47.0 Å². The lowest BCUT2D eigenvalue weighted by atomic mass is 10.0. The van der Waals surface area contributed by atoms with Gasteiger partial charge in [-0.15, -0.1) is 15.3 Å². The molecule has 1 aromatic carbocycles. The second kappa shape index (κ2) is 8.75. The van der Waals surface area contributed by atoms with Crippen LogP contribution in [-0.2, 0) is 7.05 Å². The molecule has 1 aliphatic carbocycles. The zero-order valence-corrected chi connectivity index (χ0v) is 19.7. The number of tetrazole rings is 1. The van der Waals surface area contributed by atoms with Crippen molar-refractivity contribution in [2.45, 2.75) is 25.3 Å². The number of benzene rings is 1. The number of aromatic nitrogens is 11. The fourth-order valence-corrected chi connectivity index (χ4v) is 4.44. The molecule has 1 aliphatic rings. The molecule has 0 radical (unpaired) electrons. The zero-order valence-electron chi connectivity index (χ0n) is 19.0. The Bertz CT molecular complexity index is 1540. The van der Waals surface area contributed by atoms with Crippen LogP contribution in [0.3, 0.4) is 0 Å². The number of rotatable bonds is 7. The third-order valence-corrected chi connectivity index (χ3v) is 6.60. The van der Waals surface area contributed by atoms with Gasteiger partial charge in [-0.2, -0.15) is 9.41 Å². The number of hydrogen-bond donors (Lipinski definition) is 0. The van der Waals surface area contributed by atoms with Gasteiger partial charge in [0.2, 0.25) is 5.69 Å². The summed E-state index contributed by atoms with van der Waals surface area (Å²) in [7, 11) is 1.77. The van der Waals surface area contributed by atoms with Gasteiger partial charge in [0.05, 0.1) is 34.2 Å². The van der Waals surface area contributed by atoms with Crippen LogP contribution < -0.4 is 4.73 Å². The summed E-state index contributed by atoms with van der Waals surface area (Å²) in [6, 6.07) is 6.04. The Kier molecular flexibility index (Phi) is 5.40.